The number of thiocarbonyl (C=S) groups is 1. The summed E-state index contributed by atoms with van der Waals surface area (Å²) >= 11 is 5.23. The molecule has 0 aromatic heterocycles. The van der Waals surface area contributed by atoms with Gasteiger partial charge in [0, 0.05) is 31.5 Å². The molecule has 160 valence electrons. The summed E-state index contributed by atoms with van der Waals surface area (Å²) in [6.45, 7) is 4.93. The van der Waals surface area contributed by atoms with Gasteiger partial charge >= 0.3 is 0 Å². The quantitative estimate of drug-likeness (QED) is 0.418. The Morgan fingerprint density at radius 3 is 2.40 bits per heavy atom. The van der Waals surface area contributed by atoms with Crippen molar-refractivity contribution in [2.45, 2.75) is 26.4 Å². The van der Waals surface area contributed by atoms with Crippen LogP contribution in [0, 0.1) is 0 Å². The minimum Gasteiger partial charge on any atom is -0.490 e. The third kappa shape index (κ3) is 7.46. The lowest BCUT2D eigenvalue weighted by Gasteiger charge is -2.15. The number of nitrogens with one attached hydrogen (secondary N) is 3. The number of hydrogen-bond donors (Lipinski definition) is 3. The maximum absolute atomic E-state index is 12.6. The molecule has 0 aliphatic rings. The Morgan fingerprint density at radius 1 is 1.03 bits per heavy atom. The molecule has 0 spiro atoms. The van der Waals surface area contributed by atoms with Crippen LogP contribution in [0.5, 0.6) is 5.75 Å². The van der Waals surface area contributed by atoms with E-state index in [9.17, 15) is 9.59 Å². The fourth-order valence-electron chi connectivity index (χ4n) is 2.57. The van der Waals surface area contributed by atoms with Gasteiger partial charge in [-0.2, -0.15) is 0 Å². The highest BCUT2D eigenvalue weighted by molar-refractivity contribution is 7.80. The first kappa shape index (κ1) is 23.3. The van der Waals surface area contributed by atoms with Crippen molar-refractivity contribution in [2.75, 3.05) is 25.6 Å². The highest BCUT2D eigenvalue weighted by atomic mass is 32.1. The molecule has 0 bridgehead atoms. The summed E-state index contributed by atoms with van der Waals surface area (Å²) in [5.41, 5.74) is 1.59. The number of carbonyl (C=O) groups is 2. The van der Waals surface area contributed by atoms with Crippen molar-refractivity contribution >= 4 is 34.8 Å². The van der Waals surface area contributed by atoms with Crippen LogP contribution in [0.2, 0.25) is 0 Å². The molecule has 0 heterocycles. The fourth-order valence-corrected chi connectivity index (χ4v) is 2.78. The van der Waals surface area contributed by atoms with Gasteiger partial charge in [-0.05, 0) is 68.9 Å². The Hall–Kier alpha value is -2.97. The lowest BCUT2D eigenvalue weighted by Crippen LogP contribution is -2.34. The number of benzene rings is 2. The smallest absolute Gasteiger partial charge is 0.261 e. The zero-order chi connectivity index (χ0) is 21.9. The third-order valence-corrected chi connectivity index (χ3v) is 4.14. The van der Waals surface area contributed by atoms with Gasteiger partial charge in [0.05, 0.1) is 11.7 Å². The summed E-state index contributed by atoms with van der Waals surface area (Å²) in [5.74, 6) is -0.0280. The number of rotatable bonds is 9. The van der Waals surface area contributed by atoms with Crippen LogP contribution in [-0.2, 0) is 4.74 Å². The van der Waals surface area contributed by atoms with E-state index in [2.05, 4.69) is 16.0 Å². The molecule has 8 heteroatoms. The standard InChI is InChI=1S/C22H27N3O4S/c1-15(2)29-19-8-5-4-7-18(19)21(27)25-22(30)24-17-11-9-16(10-12-17)20(26)23-13-6-14-28-3/h4-5,7-12,15H,6,13-14H2,1-3H3,(H,23,26)(H2,24,25,27,30). The molecule has 7 nitrogen and oxygen atoms in total. The average Bonchev–Trinajstić information content (AvgIpc) is 2.71. The molecule has 0 radical (unpaired) electrons. The molecule has 0 aliphatic carbocycles. The molecular formula is C22H27N3O4S. The lowest BCUT2D eigenvalue weighted by atomic mass is 10.2. The molecule has 0 atom stereocenters. The molecule has 2 aromatic carbocycles. The van der Waals surface area contributed by atoms with Gasteiger partial charge in [0.15, 0.2) is 5.11 Å². The first-order valence-electron chi connectivity index (χ1n) is 9.66. The van der Waals surface area contributed by atoms with Gasteiger partial charge in [-0.3, -0.25) is 14.9 Å². The predicted octanol–water partition coefficient (Wildman–Crippen LogP) is 3.37. The summed E-state index contributed by atoms with van der Waals surface area (Å²) in [7, 11) is 1.62. The number of carbonyl (C=O) groups excluding carboxylic acids is 2. The molecule has 2 rings (SSSR count). The molecule has 0 saturated carbocycles. The number of anilines is 1. The molecule has 0 saturated heterocycles. The summed E-state index contributed by atoms with van der Waals surface area (Å²) in [6, 6.07) is 13.8. The monoisotopic (exact) mass is 429 g/mol. The van der Waals surface area contributed by atoms with E-state index in [0.29, 0.717) is 35.7 Å². The van der Waals surface area contributed by atoms with Gasteiger partial charge in [-0.25, -0.2) is 0 Å². The number of hydrogen-bond acceptors (Lipinski definition) is 5. The van der Waals surface area contributed by atoms with Crippen molar-refractivity contribution in [3.8, 4) is 5.75 Å². The summed E-state index contributed by atoms with van der Waals surface area (Å²) in [4.78, 5) is 24.6. The van der Waals surface area contributed by atoms with E-state index in [-0.39, 0.29) is 23.0 Å². The summed E-state index contributed by atoms with van der Waals surface area (Å²) < 4.78 is 10.6. The van der Waals surface area contributed by atoms with Crippen LogP contribution in [0.1, 0.15) is 41.0 Å². The van der Waals surface area contributed by atoms with E-state index in [1.54, 1.807) is 55.6 Å². The minimum absolute atomic E-state index is 0.0558. The fraction of sp³-hybridized carbons (Fsp3) is 0.318. The molecule has 0 fully saturated rings. The topological polar surface area (TPSA) is 88.7 Å². The largest absolute Gasteiger partial charge is 0.490 e. The van der Waals surface area contributed by atoms with Crippen molar-refractivity contribution < 1.29 is 19.1 Å². The maximum atomic E-state index is 12.6. The van der Waals surface area contributed by atoms with Crippen molar-refractivity contribution in [1.82, 2.24) is 10.6 Å². The van der Waals surface area contributed by atoms with Gasteiger partial charge in [-0.1, -0.05) is 12.1 Å². The number of methoxy groups -OCH3 is 1. The SMILES string of the molecule is COCCCNC(=O)c1ccc(NC(=S)NC(=O)c2ccccc2OC(C)C)cc1. The summed E-state index contributed by atoms with van der Waals surface area (Å²) in [5, 5.41) is 8.56. The molecule has 0 aliphatic heterocycles. The Bertz CT molecular complexity index is 869. The van der Waals surface area contributed by atoms with Crippen LogP contribution in [0.25, 0.3) is 0 Å². The second-order valence-corrected chi connectivity index (χ2v) is 7.16. The molecular weight excluding hydrogens is 402 g/mol. The third-order valence-electron chi connectivity index (χ3n) is 3.94. The number of ether oxygens (including phenoxy) is 2. The van der Waals surface area contributed by atoms with E-state index in [1.807, 2.05) is 13.8 Å². The van der Waals surface area contributed by atoms with Gasteiger partial charge < -0.3 is 20.1 Å². The predicted molar refractivity (Wildman–Crippen MR) is 121 cm³/mol. The number of amides is 2. The maximum Gasteiger partial charge on any atom is 0.261 e. The van der Waals surface area contributed by atoms with Gasteiger partial charge in [0.2, 0.25) is 0 Å². The minimum atomic E-state index is -0.365. The van der Waals surface area contributed by atoms with Crippen molar-refractivity contribution in [3.63, 3.8) is 0 Å². The molecule has 30 heavy (non-hydrogen) atoms. The Morgan fingerprint density at radius 2 is 1.73 bits per heavy atom. The van der Waals surface area contributed by atoms with Crippen molar-refractivity contribution in [2.24, 2.45) is 0 Å². The zero-order valence-corrected chi connectivity index (χ0v) is 18.2. The van der Waals surface area contributed by atoms with Crippen LogP contribution in [-0.4, -0.2) is 43.3 Å². The molecule has 3 N–H and O–H groups in total. The van der Waals surface area contributed by atoms with Crippen molar-refractivity contribution in [1.29, 1.82) is 0 Å². The Balaban J connectivity index is 1.91. The van der Waals surface area contributed by atoms with E-state index >= 15 is 0 Å². The average molecular weight is 430 g/mol. The van der Waals surface area contributed by atoms with Crippen LogP contribution in [0.4, 0.5) is 5.69 Å². The summed E-state index contributed by atoms with van der Waals surface area (Å²) in [6.07, 6.45) is 0.695. The van der Waals surface area contributed by atoms with Crippen LogP contribution >= 0.6 is 12.2 Å². The number of para-hydroxylation sites is 1. The second-order valence-electron chi connectivity index (χ2n) is 6.75. The van der Waals surface area contributed by atoms with Crippen LogP contribution in [0.15, 0.2) is 48.5 Å². The normalized spacial score (nSPS) is 10.4. The lowest BCUT2D eigenvalue weighted by molar-refractivity contribution is 0.0945. The van der Waals surface area contributed by atoms with Crippen LogP contribution < -0.4 is 20.7 Å². The van der Waals surface area contributed by atoms with Gasteiger partial charge in [0.1, 0.15) is 5.75 Å². The highest BCUT2D eigenvalue weighted by Crippen LogP contribution is 2.19. The van der Waals surface area contributed by atoms with Gasteiger partial charge in [-0.15, -0.1) is 0 Å². The second kappa shape index (κ2) is 11.9. The molecule has 2 aromatic rings. The van der Waals surface area contributed by atoms with E-state index in [4.69, 9.17) is 21.7 Å². The highest BCUT2D eigenvalue weighted by Gasteiger charge is 2.14. The molecule has 0 unspecified atom stereocenters. The van der Waals surface area contributed by atoms with E-state index < -0.39 is 0 Å². The Labute approximate surface area is 182 Å². The first-order chi connectivity index (χ1) is 14.4. The van der Waals surface area contributed by atoms with Crippen LogP contribution in [0.3, 0.4) is 0 Å². The molecule has 2 amide bonds. The van der Waals surface area contributed by atoms with Crippen molar-refractivity contribution in [3.05, 3.63) is 59.7 Å². The zero-order valence-electron chi connectivity index (χ0n) is 17.4. The van der Waals surface area contributed by atoms with E-state index in [1.165, 1.54) is 0 Å². The Kier molecular flexibility index (Phi) is 9.24. The van der Waals surface area contributed by atoms with E-state index in [0.717, 1.165) is 6.42 Å². The van der Waals surface area contributed by atoms with Gasteiger partial charge in [0.25, 0.3) is 11.8 Å². The first-order valence-corrected chi connectivity index (χ1v) is 10.1.